The monoisotopic (exact) mass is 1030 g/mol. The van der Waals surface area contributed by atoms with E-state index in [1.165, 1.54) is 22.3 Å². The van der Waals surface area contributed by atoms with Gasteiger partial charge in [0.05, 0.1) is 26.4 Å². The van der Waals surface area contributed by atoms with Gasteiger partial charge in [0.1, 0.15) is 48.8 Å². The normalized spacial score (nSPS) is 34.2. The Balaban J connectivity index is 1.23. The fourth-order valence-corrected chi connectivity index (χ4v) is 10.3. The van der Waals surface area contributed by atoms with Crippen LogP contribution in [0.1, 0.15) is 109 Å². The van der Waals surface area contributed by atoms with Crippen molar-refractivity contribution in [2.75, 3.05) is 26.4 Å². The predicted octanol–water partition coefficient (Wildman–Crippen LogP) is 9.08. The SMILES string of the molecule is CC1=CCC(C/C=C(\C)CO[C@@H]2O[C@H](CO)[C@@H](O)[C@H](O)[C@H]2O)C(C)(C)C1/C=C/C(C)=C/C=C/C(C)=C/C=C/C=C(C)/C=C/C=C(C)/C=C/C1C(C)=CCC(C/C=C(\C)CO[C@@H]2O[C@H](CO)[C@@H](O)[C@H](O)[C@H]2O)C1(C)C. The minimum atomic E-state index is -1.46. The Morgan fingerprint density at radius 2 is 0.851 bits per heavy atom. The van der Waals surface area contributed by atoms with Crippen molar-refractivity contribution in [3.05, 3.63) is 154 Å². The van der Waals surface area contributed by atoms with Crippen molar-refractivity contribution in [2.45, 2.75) is 170 Å². The highest BCUT2D eigenvalue weighted by molar-refractivity contribution is 5.33. The van der Waals surface area contributed by atoms with Crippen LogP contribution in [0.5, 0.6) is 0 Å². The lowest BCUT2D eigenvalue weighted by atomic mass is 9.61. The smallest absolute Gasteiger partial charge is 0.187 e. The Morgan fingerprint density at radius 3 is 1.20 bits per heavy atom. The van der Waals surface area contributed by atoms with E-state index in [-0.39, 0.29) is 35.9 Å². The molecule has 412 valence electrons. The molecule has 2 aliphatic heterocycles. The Labute approximate surface area is 443 Å². The fourth-order valence-electron chi connectivity index (χ4n) is 10.3. The Kier molecular flexibility index (Phi) is 25.1. The van der Waals surface area contributed by atoms with Crippen LogP contribution < -0.4 is 0 Å². The van der Waals surface area contributed by atoms with Crippen LogP contribution in [-0.4, -0.2) is 129 Å². The highest BCUT2D eigenvalue weighted by Crippen LogP contribution is 2.49. The van der Waals surface area contributed by atoms with E-state index in [9.17, 15) is 40.9 Å². The molecule has 0 aromatic heterocycles. The third-order valence-electron chi connectivity index (χ3n) is 15.7. The third kappa shape index (κ3) is 17.9. The molecule has 0 radical (unpaired) electrons. The fraction of sp³-hybridized carbons (Fsp3) is 0.581. The van der Waals surface area contributed by atoms with Gasteiger partial charge in [-0.05, 0) is 104 Å². The quantitative estimate of drug-likeness (QED) is 0.0379. The molecule has 0 saturated carbocycles. The Bertz CT molecular complexity index is 2070. The summed E-state index contributed by atoms with van der Waals surface area (Å²) in [6.45, 7) is 25.5. The van der Waals surface area contributed by atoms with Crippen LogP contribution >= 0.6 is 0 Å². The molecule has 0 spiro atoms. The van der Waals surface area contributed by atoms with Gasteiger partial charge in [0.15, 0.2) is 12.6 Å². The molecule has 2 heterocycles. The van der Waals surface area contributed by atoms with E-state index < -0.39 is 74.6 Å². The molecule has 14 atom stereocenters. The minimum Gasteiger partial charge on any atom is -0.394 e. The highest BCUT2D eigenvalue weighted by atomic mass is 16.7. The number of aliphatic hydroxyl groups excluding tert-OH is 8. The number of aliphatic hydroxyl groups is 8. The highest BCUT2D eigenvalue weighted by Gasteiger charge is 2.46. The Hall–Kier alpha value is -3.86. The van der Waals surface area contributed by atoms with Crippen molar-refractivity contribution in [3.63, 3.8) is 0 Å². The molecule has 4 rings (SSSR count). The summed E-state index contributed by atoms with van der Waals surface area (Å²) in [5, 5.41) is 79.9. The van der Waals surface area contributed by atoms with E-state index in [1.54, 1.807) is 0 Å². The first-order valence-corrected chi connectivity index (χ1v) is 26.5. The van der Waals surface area contributed by atoms with Crippen molar-refractivity contribution in [1.29, 1.82) is 0 Å². The van der Waals surface area contributed by atoms with Gasteiger partial charge in [0, 0.05) is 11.8 Å². The predicted molar refractivity (Wildman–Crippen MR) is 295 cm³/mol. The van der Waals surface area contributed by atoms with E-state index in [4.69, 9.17) is 18.9 Å². The van der Waals surface area contributed by atoms with Gasteiger partial charge in [0.2, 0.25) is 0 Å². The van der Waals surface area contributed by atoms with Crippen molar-refractivity contribution in [2.24, 2.45) is 34.5 Å². The Morgan fingerprint density at radius 1 is 0.514 bits per heavy atom. The zero-order valence-electron chi connectivity index (χ0n) is 46.3. The van der Waals surface area contributed by atoms with Crippen LogP contribution in [0.4, 0.5) is 0 Å². The molecule has 12 nitrogen and oxygen atoms in total. The average molecular weight is 1030 g/mol. The van der Waals surface area contributed by atoms with Gasteiger partial charge in [0.25, 0.3) is 0 Å². The minimum absolute atomic E-state index is 0.00475. The standard InChI is InChI=1S/C62H92O12/c1-39(19-15-21-41(3)25-33-49-45(7)27-31-47(61(49,9)10)29-23-43(5)37-71-59-57(69)55(67)53(65)51(35-63)73-59)17-13-14-18-40(2)20-16-22-42(4)26-34-50-46(8)28-32-48(62(50,11)12)30-24-44(6)38-72-60-58(70)56(68)54(66)52(36-64)74-60/h13-28,33-34,47-60,63-70H,29-32,35-38H2,1-12H3/b14-13+,19-15+,20-16+,33-25+,34-26+,39-17+,40-18+,41-21+,42-22+,43-23+,44-24+/t47?,48?,49?,50?,51-,52-,53-,54-,55+,56+,57-,58-,59-,60-/m1/s1. The van der Waals surface area contributed by atoms with Crippen LogP contribution in [0.2, 0.25) is 0 Å². The molecule has 2 saturated heterocycles. The molecule has 12 heteroatoms. The number of rotatable bonds is 22. The molecular weight excluding hydrogens is 937 g/mol. The van der Waals surface area contributed by atoms with Crippen molar-refractivity contribution in [1.82, 2.24) is 0 Å². The molecular formula is C62H92O12. The summed E-state index contributed by atoms with van der Waals surface area (Å²) in [5.74, 6) is 1.35. The number of hydrogen-bond donors (Lipinski definition) is 8. The van der Waals surface area contributed by atoms with E-state index in [1.807, 2.05) is 13.8 Å². The second-order valence-corrected chi connectivity index (χ2v) is 22.4. The first-order valence-electron chi connectivity index (χ1n) is 26.5. The first-order chi connectivity index (χ1) is 34.9. The van der Waals surface area contributed by atoms with Gasteiger partial charge in [-0.1, -0.05) is 182 Å². The van der Waals surface area contributed by atoms with Crippen molar-refractivity contribution in [3.8, 4) is 0 Å². The molecule has 0 bridgehead atoms. The average Bonchev–Trinajstić information content (AvgIpc) is 3.34. The number of hydrogen-bond acceptors (Lipinski definition) is 12. The second kappa shape index (κ2) is 29.6. The third-order valence-corrected chi connectivity index (χ3v) is 15.7. The molecule has 0 amide bonds. The van der Waals surface area contributed by atoms with Crippen LogP contribution in [0.25, 0.3) is 0 Å². The lowest BCUT2D eigenvalue weighted by Gasteiger charge is -2.43. The molecule has 4 aliphatic rings. The van der Waals surface area contributed by atoms with Crippen LogP contribution in [-0.2, 0) is 18.9 Å². The molecule has 8 N–H and O–H groups in total. The van der Waals surface area contributed by atoms with Crippen LogP contribution in [0.3, 0.4) is 0 Å². The van der Waals surface area contributed by atoms with E-state index in [2.05, 4.69) is 179 Å². The number of ether oxygens (including phenoxy) is 4. The summed E-state index contributed by atoms with van der Waals surface area (Å²) in [4.78, 5) is 0. The maximum Gasteiger partial charge on any atom is 0.187 e. The molecule has 2 fully saturated rings. The molecule has 4 unspecified atom stereocenters. The molecule has 0 aromatic rings. The van der Waals surface area contributed by atoms with Crippen molar-refractivity contribution < 1.29 is 59.8 Å². The molecule has 0 aromatic carbocycles. The van der Waals surface area contributed by atoms with Gasteiger partial charge in [-0.25, -0.2) is 0 Å². The van der Waals surface area contributed by atoms with Crippen LogP contribution in [0.15, 0.2) is 154 Å². The van der Waals surface area contributed by atoms with Gasteiger partial charge in [-0.2, -0.15) is 0 Å². The summed E-state index contributed by atoms with van der Waals surface area (Å²) < 4.78 is 22.5. The van der Waals surface area contributed by atoms with Gasteiger partial charge < -0.3 is 59.8 Å². The second-order valence-electron chi connectivity index (χ2n) is 22.4. The van der Waals surface area contributed by atoms with Gasteiger partial charge in [-0.3, -0.25) is 0 Å². The summed E-state index contributed by atoms with van der Waals surface area (Å²) in [7, 11) is 0. The largest absolute Gasteiger partial charge is 0.394 e. The summed E-state index contributed by atoms with van der Waals surface area (Å²) in [6.07, 6.45) is 29.9. The van der Waals surface area contributed by atoms with E-state index in [0.717, 1.165) is 48.0 Å². The van der Waals surface area contributed by atoms with E-state index >= 15 is 0 Å². The van der Waals surface area contributed by atoms with Crippen LogP contribution in [0, 0.1) is 34.5 Å². The van der Waals surface area contributed by atoms with Gasteiger partial charge >= 0.3 is 0 Å². The van der Waals surface area contributed by atoms with Gasteiger partial charge in [-0.15, -0.1) is 0 Å². The van der Waals surface area contributed by atoms with Crippen molar-refractivity contribution >= 4 is 0 Å². The maximum absolute atomic E-state index is 10.3. The molecule has 2 aliphatic carbocycles. The zero-order chi connectivity index (χ0) is 54.9. The number of allylic oxidation sites excluding steroid dienone is 24. The first kappa shape index (κ1) is 62.7. The van der Waals surface area contributed by atoms with E-state index in [0.29, 0.717) is 11.8 Å². The zero-order valence-corrected chi connectivity index (χ0v) is 46.3. The topological polar surface area (TPSA) is 199 Å². The maximum atomic E-state index is 10.3. The summed E-state index contributed by atoms with van der Waals surface area (Å²) in [6, 6.07) is 0. The lowest BCUT2D eigenvalue weighted by molar-refractivity contribution is -0.299. The lowest BCUT2D eigenvalue weighted by Crippen LogP contribution is -2.59. The molecule has 74 heavy (non-hydrogen) atoms. The summed E-state index contributed by atoms with van der Waals surface area (Å²) >= 11 is 0. The summed E-state index contributed by atoms with van der Waals surface area (Å²) in [5.41, 5.74) is 9.30.